The second-order valence-corrected chi connectivity index (χ2v) is 7.01. The van der Waals surface area contributed by atoms with Crippen molar-refractivity contribution in [1.82, 2.24) is 5.32 Å². The van der Waals surface area contributed by atoms with Gasteiger partial charge in [0, 0.05) is 7.11 Å². The molecule has 7 heteroatoms. The van der Waals surface area contributed by atoms with Gasteiger partial charge in [0.2, 0.25) is 6.79 Å². The summed E-state index contributed by atoms with van der Waals surface area (Å²) in [6, 6.07) is 8.06. The first kappa shape index (κ1) is 17.6. The van der Waals surface area contributed by atoms with Crippen molar-refractivity contribution < 1.29 is 28.4 Å². The van der Waals surface area contributed by atoms with E-state index in [1.165, 1.54) is 5.56 Å². The maximum atomic E-state index is 6.45. The lowest BCUT2D eigenvalue weighted by atomic mass is 9.87. The van der Waals surface area contributed by atoms with Crippen LogP contribution in [0, 0.1) is 0 Å². The van der Waals surface area contributed by atoms with E-state index in [1.54, 1.807) is 21.3 Å². The number of rotatable bonds is 3. The van der Waals surface area contributed by atoms with Crippen LogP contribution < -0.4 is 24.3 Å². The monoisotopic (exact) mass is 385 g/mol. The first-order valence-corrected chi connectivity index (χ1v) is 9.34. The fourth-order valence-corrected chi connectivity index (χ4v) is 4.39. The molecule has 0 unspecified atom stereocenters. The molecule has 3 atom stereocenters. The van der Waals surface area contributed by atoms with Gasteiger partial charge in [-0.1, -0.05) is 6.07 Å². The van der Waals surface area contributed by atoms with E-state index in [9.17, 15) is 0 Å². The van der Waals surface area contributed by atoms with E-state index in [4.69, 9.17) is 28.4 Å². The third-order valence-electron chi connectivity index (χ3n) is 5.68. The average molecular weight is 385 g/mol. The highest BCUT2D eigenvalue weighted by Crippen LogP contribution is 2.53. The Morgan fingerprint density at radius 3 is 2.61 bits per heavy atom. The predicted molar refractivity (Wildman–Crippen MR) is 100 cm³/mol. The minimum Gasteiger partial charge on any atom is -0.493 e. The summed E-state index contributed by atoms with van der Waals surface area (Å²) in [6.07, 6.45) is 0.0905. The van der Waals surface area contributed by atoms with Gasteiger partial charge < -0.3 is 33.7 Å². The molecule has 2 aromatic rings. The molecule has 0 fully saturated rings. The lowest BCUT2D eigenvalue weighted by molar-refractivity contribution is -0.181. The number of fused-ring (bicyclic) bond motifs is 7. The summed E-state index contributed by atoms with van der Waals surface area (Å²) in [5.41, 5.74) is 4.26. The second kappa shape index (κ2) is 6.84. The van der Waals surface area contributed by atoms with E-state index in [-0.39, 0.29) is 18.9 Å². The maximum Gasteiger partial charge on any atom is 0.231 e. The molecule has 3 heterocycles. The summed E-state index contributed by atoms with van der Waals surface area (Å²) in [4.78, 5) is 0. The normalized spacial score (nSPS) is 24.6. The largest absolute Gasteiger partial charge is 0.493 e. The van der Waals surface area contributed by atoms with Crippen molar-refractivity contribution in [2.75, 3.05) is 34.7 Å². The molecule has 3 aliphatic heterocycles. The van der Waals surface area contributed by atoms with Crippen molar-refractivity contribution in [3.8, 4) is 23.0 Å². The van der Waals surface area contributed by atoms with Gasteiger partial charge in [-0.25, -0.2) is 0 Å². The minimum absolute atomic E-state index is 0.0322. The van der Waals surface area contributed by atoms with Crippen molar-refractivity contribution in [2.24, 2.45) is 0 Å². The molecule has 0 aromatic heterocycles. The quantitative estimate of drug-likeness (QED) is 0.871. The summed E-state index contributed by atoms with van der Waals surface area (Å²) in [5.74, 6) is 2.85. The highest BCUT2D eigenvalue weighted by Gasteiger charge is 2.42. The molecule has 148 valence electrons. The number of hydrogen-bond acceptors (Lipinski definition) is 7. The third kappa shape index (κ3) is 2.54. The Balaban J connectivity index is 1.66. The van der Waals surface area contributed by atoms with Gasteiger partial charge >= 0.3 is 0 Å². The van der Waals surface area contributed by atoms with Gasteiger partial charge in [0.1, 0.15) is 6.10 Å². The number of benzene rings is 2. The van der Waals surface area contributed by atoms with Crippen LogP contribution in [-0.2, 0) is 15.9 Å². The molecule has 0 amide bonds. The van der Waals surface area contributed by atoms with Gasteiger partial charge in [0.15, 0.2) is 29.3 Å². The Morgan fingerprint density at radius 1 is 1.00 bits per heavy atom. The molecule has 3 aliphatic rings. The van der Waals surface area contributed by atoms with Crippen LogP contribution >= 0.6 is 0 Å². The van der Waals surface area contributed by atoms with Crippen LogP contribution in [0.5, 0.6) is 23.0 Å². The van der Waals surface area contributed by atoms with Gasteiger partial charge in [0.25, 0.3) is 0 Å². The molecule has 0 bridgehead atoms. The van der Waals surface area contributed by atoms with Crippen LogP contribution in [0.4, 0.5) is 0 Å². The van der Waals surface area contributed by atoms with Gasteiger partial charge in [-0.05, 0) is 47.9 Å². The Labute approximate surface area is 163 Å². The summed E-state index contributed by atoms with van der Waals surface area (Å²) < 4.78 is 34.5. The van der Waals surface area contributed by atoms with Gasteiger partial charge in [0.05, 0.1) is 25.8 Å². The molecule has 7 nitrogen and oxygen atoms in total. The Hall–Kier alpha value is -2.48. The zero-order valence-electron chi connectivity index (χ0n) is 16.1. The predicted octanol–water partition coefficient (Wildman–Crippen LogP) is 3.04. The Kier molecular flexibility index (Phi) is 4.30. The molecular formula is C21H23NO6. The molecular weight excluding hydrogens is 362 g/mol. The molecule has 0 aliphatic carbocycles. The maximum absolute atomic E-state index is 6.45. The number of methoxy groups -OCH3 is 3. The summed E-state index contributed by atoms with van der Waals surface area (Å²) >= 11 is 0. The second-order valence-electron chi connectivity index (χ2n) is 7.01. The SMILES string of the molecule is COc1cc2c(cc1OC)[C@@H]1O[C@H](OC)c3c(ccc4c3OCO4)[C@@H]1NCC2. The smallest absolute Gasteiger partial charge is 0.231 e. The zero-order chi connectivity index (χ0) is 19.3. The summed E-state index contributed by atoms with van der Waals surface area (Å²) in [7, 11) is 4.94. The van der Waals surface area contributed by atoms with E-state index >= 15 is 0 Å². The highest BCUT2D eigenvalue weighted by atomic mass is 16.7. The van der Waals surface area contributed by atoms with Crippen molar-refractivity contribution in [3.05, 3.63) is 46.5 Å². The minimum atomic E-state index is -0.547. The standard InChI is InChI=1S/C21H23NO6/c1-23-15-8-11-6-7-22-18-12-4-5-14-20(27-10-26-14)17(12)21(25-3)28-19(18)13(11)9-16(15)24-2/h4-5,8-9,18-19,21-22H,6-7,10H2,1-3H3/t18-,19-,21-/m0/s1. The molecule has 0 radical (unpaired) electrons. The molecule has 0 saturated carbocycles. The topological polar surface area (TPSA) is 67.4 Å². The molecule has 1 N–H and O–H groups in total. The molecule has 0 spiro atoms. The Bertz CT molecular complexity index is 914. The third-order valence-corrected chi connectivity index (χ3v) is 5.68. The van der Waals surface area contributed by atoms with Crippen molar-refractivity contribution in [1.29, 1.82) is 0 Å². The van der Waals surface area contributed by atoms with Gasteiger partial charge in [-0.15, -0.1) is 0 Å². The lowest BCUT2D eigenvalue weighted by Crippen LogP contribution is -2.34. The van der Waals surface area contributed by atoms with Crippen molar-refractivity contribution >= 4 is 0 Å². The van der Waals surface area contributed by atoms with Gasteiger partial charge in [-0.2, -0.15) is 0 Å². The first-order valence-electron chi connectivity index (χ1n) is 9.34. The van der Waals surface area contributed by atoms with E-state index in [0.717, 1.165) is 41.2 Å². The number of ether oxygens (including phenoxy) is 6. The van der Waals surface area contributed by atoms with Crippen molar-refractivity contribution in [2.45, 2.75) is 24.9 Å². The van der Waals surface area contributed by atoms with Crippen LogP contribution in [-0.4, -0.2) is 34.7 Å². The van der Waals surface area contributed by atoms with Gasteiger partial charge in [-0.3, -0.25) is 0 Å². The van der Waals surface area contributed by atoms with Crippen molar-refractivity contribution in [3.63, 3.8) is 0 Å². The zero-order valence-corrected chi connectivity index (χ0v) is 16.1. The lowest BCUT2D eigenvalue weighted by Gasteiger charge is -2.38. The van der Waals surface area contributed by atoms with E-state index < -0.39 is 6.29 Å². The van der Waals surface area contributed by atoms with Crippen LogP contribution in [0.2, 0.25) is 0 Å². The molecule has 2 aromatic carbocycles. The van der Waals surface area contributed by atoms with Crippen LogP contribution in [0.3, 0.4) is 0 Å². The molecule has 5 rings (SSSR count). The Morgan fingerprint density at radius 2 is 1.82 bits per heavy atom. The fourth-order valence-electron chi connectivity index (χ4n) is 4.39. The average Bonchev–Trinajstić information content (AvgIpc) is 3.14. The van der Waals surface area contributed by atoms with Crippen LogP contribution in [0.1, 0.15) is 40.7 Å². The van der Waals surface area contributed by atoms with E-state index in [1.807, 2.05) is 18.2 Å². The highest BCUT2D eigenvalue weighted by molar-refractivity contribution is 5.56. The van der Waals surface area contributed by atoms with Crippen LogP contribution in [0.15, 0.2) is 24.3 Å². The number of nitrogens with one attached hydrogen (secondary N) is 1. The summed E-state index contributed by atoms with van der Waals surface area (Å²) in [5, 5.41) is 3.64. The van der Waals surface area contributed by atoms with Crippen LogP contribution in [0.25, 0.3) is 0 Å². The molecule has 0 saturated heterocycles. The van der Waals surface area contributed by atoms with E-state index in [0.29, 0.717) is 11.5 Å². The molecule has 28 heavy (non-hydrogen) atoms. The fraction of sp³-hybridized carbons (Fsp3) is 0.429. The van der Waals surface area contributed by atoms with E-state index in [2.05, 4.69) is 11.4 Å². The number of hydrogen-bond donors (Lipinski definition) is 1. The summed E-state index contributed by atoms with van der Waals surface area (Å²) in [6.45, 7) is 1.03. The first-order chi connectivity index (χ1) is 13.7.